The zero-order chi connectivity index (χ0) is 10.7. The second-order valence-electron chi connectivity index (χ2n) is 2.95. The summed E-state index contributed by atoms with van der Waals surface area (Å²) >= 11 is 3.35. The molecular weight excluding hydrogens is 260 g/mol. The van der Waals surface area contributed by atoms with Crippen molar-refractivity contribution in [1.82, 2.24) is 5.16 Å². The molecule has 0 fully saturated rings. The van der Waals surface area contributed by atoms with E-state index in [0.717, 1.165) is 10.2 Å². The quantitative estimate of drug-likeness (QED) is 0.930. The van der Waals surface area contributed by atoms with E-state index in [-0.39, 0.29) is 6.61 Å². The van der Waals surface area contributed by atoms with Gasteiger partial charge in [-0.25, -0.2) is 0 Å². The Bertz CT molecular complexity index is 456. The Morgan fingerprint density at radius 2 is 2.33 bits per heavy atom. The number of anilines is 1. The van der Waals surface area contributed by atoms with Gasteiger partial charge in [-0.1, -0.05) is 27.2 Å². The zero-order valence-electron chi connectivity index (χ0n) is 7.81. The molecule has 0 aliphatic rings. The van der Waals surface area contributed by atoms with E-state index in [1.807, 2.05) is 24.3 Å². The first-order chi connectivity index (χ1) is 7.25. The summed E-state index contributed by atoms with van der Waals surface area (Å²) in [7, 11) is 0. The monoisotopic (exact) mass is 268 g/mol. The maximum absolute atomic E-state index is 5.59. The normalized spacial score (nSPS) is 10.2. The van der Waals surface area contributed by atoms with Crippen LogP contribution in [0.5, 0.6) is 5.75 Å². The Labute approximate surface area is 95.1 Å². The lowest BCUT2D eigenvalue weighted by atomic mass is 10.3. The molecule has 1 aromatic carbocycles. The van der Waals surface area contributed by atoms with Gasteiger partial charge in [0.05, 0.1) is 11.9 Å². The Morgan fingerprint density at radius 1 is 1.47 bits per heavy atom. The van der Waals surface area contributed by atoms with Gasteiger partial charge in [0.25, 0.3) is 0 Å². The Kier molecular flexibility index (Phi) is 2.91. The second-order valence-corrected chi connectivity index (χ2v) is 3.87. The minimum Gasteiger partial charge on any atom is -0.485 e. The third-order valence-electron chi connectivity index (χ3n) is 1.84. The molecular formula is C10H9BrN2O2. The Morgan fingerprint density at radius 3 is 3.00 bits per heavy atom. The molecule has 0 aliphatic heterocycles. The summed E-state index contributed by atoms with van der Waals surface area (Å²) in [6, 6.07) is 7.54. The van der Waals surface area contributed by atoms with E-state index in [1.54, 1.807) is 0 Å². The molecule has 1 aromatic heterocycles. The number of nitrogens with two attached hydrogens (primary N) is 1. The predicted molar refractivity (Wildman–Crippen MR) is 59.4 cm³/mol. The van der Waals surface area contributed by atoms with Crippen LogP contribution in [0.1, 0.15) is 5.76 Å². The number of hydrogen-bond donors (Lipinski definition) is 1. The molecule has 0 atom stereocenters. The molecule has 15 heavy (non-hydrogen) atoms. The van der Waals surface area contributed by atoms with Gasteiger partial charge in [-0.3, -0.25) is 0 Å². The lowest BCUT2D eigenvalue weighted by Crippen LogP contribution is -1.97. The summed E-state index contributed by atoms with van der Waals surface area (Å²) in [5.74, 6) is 1.29. The predicted octanol–water partition coefficient (Wildman–Crippen LogP) is 2.60. The maximum Gasteiger partial charge on any atom is 0.196 e. The number of hydrogen-bond acceptors (Lipinski definition) is 4. The van der Waals surface area contributed by atoms with Crippen LogP contribution >= 0.6 is 15.9 Å². The highest BCUT2D eigenvalue weighted by Crippen LogP contribution is 2.20. The van der Waals surface area contributed by atoms with E-state index in [2.05, 4.69) is 21.1 Å². The van der Waals surface area contributed by atoms with Crippen molar-refractivity contribution in [1.29, 1.82) is 0 Å². The van der Waals surface area contributed by atoms with E-state index >= 15 is 0 Å². The molecule has 78 valence electrons. The Balaban J connectivity index is 2.02. The van der Waals surface area contributed by atoms with Gasteiger partial charge in [0.15, 0.2) is 12.4 Å². The van der Waals surface area contributed by atoms with Crippen molar-refractivity contribution in [2.75, 3.05) is 5.73 Å². The molecule has 4 nitrogen and oxygen atoms in total. The van der Waals surface area contributed by atoms with Crippen LogP contribution in [0.15, 0.2) is 39.5 Å². The molecule has 0 saturated heterocycles. The summed E-state index contributed by atoms with van der Waals surface area (Å²) in [6.45, 7) is 0.280. The minimum absolute atomic E-state index is 0.280. The lowest BCUT2D eigenvalue weighted by Gasteiger charge is -2.03. The highest BCUT2D eigenvalue weighted by atomic mass is 79.9. The standard InChI is InChI=1S/C10H9BrN2O2/c11-7-2-1-3-8(4-7)14-6-10-9(12)5-13-15-10/h1-5H,6,12H2. The molecule has 0 radical (unpaired) electrons. The van der Waals surface area contributed by atoms with Crippen LogP contribution < -0.4 is 10.5 Å². The third-order valence-corrected chi connectivity index (χ3v) is 2.34. The number of nitrogens with zero attached hydrogens (tertiary/aromatic N) is 1. The van der Waals surface area contributed by atoms with Gasteiger partial charge >= 0.3 is 0 Å². The van der Waals surface area contributed by atoms with E-state index < -0.39 is 0 Å². The summed E-state index contributed by atoms with van der Waals surface area (Å²) < 4.78 is 11.3. The Hall–Kier alpha value is -1.49. The van der Waals surface area contributed by atoms with E-state index in [9.17, 15) is 0 Å². The largest absolute Gasteiger partial charge is 0.485 e. The smallest absolute Gasteiger partial charge is 0.196 e. The van der Waals surface area contributed by atoms with Gasteiger partial charge < -0.3 is 15.0 Å². The van der Waals surface area contributed by atoms with Gasteiger partial charge in [-0.15, -0.1) is 0 Å². The first kappa shape index (κ1) is 10.0. The molecule has 1 heterocycles. The number of nitrogen functional groups attached to an aromatic ring is 1. The average molecular weight is 269 g/mol. The molecule has 0 unspecified atom stereocenters. The van der Waals surface area contributed by atoms with Crippen LogP contribution in [-0.2, 0) is 6.61 Å². The van der Waals surface area contributed by atoms with E-state index in [4.69, 9.17) is 15.0 Å². The molecule has 2 rings (SSSR count). The molecule has 0 saturated carbocycles. The molecule has 2 aromatic rings. The fourth-order valence-electron chi connectivity index (χ4n) is 1.09. The summed E-state index contributed by atoms with van der Waals surface area (Å²) in [4.78, 5) is 0. The van der Waals surface area contributed by atoms with Crippen LogP contribution in [-0.4, -0.2) is 5.16 Å². The molecule has 0 bridgehead atoms. The fourth-order valence-corrected chi connectivity index (χ4v) is 1.47. The van der Waals surface area contributed by atoms with Gasteiger partial charge in [-0.05, 0) is 18.2 Å². The van der Waals surface area contributed by atoms with Crippen LogP contribution in [0.25, 0.3) is 0 Å². The van der Waals surface area contributed by atoms with Crippen molar-refractivity contribution in [3.05, 3.63) is 40.7 Å². The number of halogens is 1. The van der Waals surface area contributed by atoms with Crippen LogP contribution in [0.3, 0.4) is 0 Å². The minimum atomic E-state index is 0.280. The second kappa shape index (κ2) is 4.35. The van der Waals surface area contributed by atoms with Crippen molar-refractivity contribution >= 4 is 21.6 Å². The topological polar surface area (TPSA) is 61.3 Å². The van der Waals surface area contributed by atoms with Crippen molar-refractivity contribution in [2.24, 2.45) is 0 Å². The number of benzene rings is 1. The van der Waals surface area contributed by atoms with Crippen molar-refractivity contribution in [3.63, 3.8) is 0 Å². The van der Waals surface area contributed by atoms with Crippen molar-refractivity contribution < 1.29 is 9.26 Å². The first-order valence-electron chi connectivity index (χ1n) is 4.33. The highest BCUT2D eigenvalue weighted by Gasteiger charge is 2.05. The van der Waals surface area contributed by atoms with Crippen LogP contribution in [0.4, 0.5) is 5.69 Å². The van der Waals surface area contributed by atoms with Gasteiger partial charge in [0.2, 0.25) is 0 Å². The number of aromatic nitrogens is 1. The first-order valence-corrected chi connectivity index (χ1v) is 5.12. The van der Waals surface area contributed by atoms with Gasteiger partial charge in [0.1, 0.15) is 5.75 Å². The SMILES string of the molecule is Nc1cnoc1COc1cccc(Br)c1. The van der Waals surface area contributed by atoms with Crippen molar-refractivity contribution in [3.8, 4) is 5.75 Å². The summed E-state index contributed by atoms with van der Waals surface area (Å²) in [5.41, 5.74) is 6.09. The lowest BCUT2D eigenvalue weighted by molar-refractivity contribution is 0.250. The van der Waals surface area contributed by atoms with E-state index in [1.165, 1.54) is 6.20 Å². The van der Waals surface area contributed by atoms with Crippen LogP contribution in [0, 0.1) is 0 Å². The van der Waals surface area contributed by atoms with Gasteiger partial charge in [-0.2, -0.15) is 0 Å². The molecule has 2 N–H and O–H groups in total. The third kappa shape index (κ3) is 2.50. The summed E-state index contributed by atoms with van der Waals surface area (Å²) in [5, 5.41) is 3.56. The van der Waals surface area contributed by atoms with E-state index in [0.29, 0.717) is 11.4 Å². The highest BCUT2D eigenvalue weighted by molar-refractivity contribution is 9.10. The fraction of sp³-hybridized carbons (Fsp3) is 0.100. The van der Waals surface area contributed by atoms with Crippen molar-refractivity contribution in [2.45, 2.75) is 6.61 Å². The maximum atomic E-state index is 5.59. The summed E-state index contributed by atoms with van der Waals surface area (Å²) in [6.07, 6.45) is 1.46. The molecule has 0 spiro atoms. The van der Waals surface area contributed by atoms with Crippen LogP contribution in [0.2, 0.25) is 0 Å². The number of rotatable bonds is 3. The van der Waals surface area contributed by atoms with Gasteiger partial charge in [0, 0.05) is 4.47 Å². The molecule has 0 amide bonds. The molecule has 0 aliphatic carbocycles. The zero-order valence-corrected chi connectivity index (χ0v) is 9.40. The number of ether oxygens (including phenoxy) is 1. The average Bonchev–Trinajstić information content (AvgIpc) is 2.61. The molecule has 5 heteroatoms.